The summed E-state index contributed by atoms with van der Waals surface area (Å²) in [4.78, 5) is 33.2. The quantitative estimate of drug-likeness (QED) is 0.200. The Morgan fingerprint density at radius 2 is 1.70 bits per heavy atom. The van der Waals surface area contributed by atoms with Gasteiger partial charge in [-0.25, -0.2) is 9.78 Å². The lowest BCUT2D eigenvalue weighted by Crippen LogP contribution is -2.55. The first-order valence-corrected chi connectivity index (χ1v) is 16.4. The molecule has 8 heteroatoms. The Morgan fingerprint density at radius 3 is 2.35 bits per heavy atom. The van der Waals surface area contributed by atoms with Crippen molar-refractivity contribution in [1.82, 2.24) is 20.5 Å². The molecule has 4 rings (SSSR count). The van der Waals surface area contributed by atoms with Crippen molar-refractivity contribution in [2.24, 2.45) is 5.92 Å². The predicted molar refractivity (Wildman–Crippen MR) is 175 cm³/mol. The van der Waals surface area contributed by atoms with Gasteiger partial charge in [0.25, 0.3) is 0 Å². The molecule has 230 valence electrons. The zero-order valence-electron chi connectivity index (χ0n) is 25.7. The van der Waals surface area contributed by atoms with Crippen LogP contribution in [0.25, 0.3) is 5.57 Å². The minimum absolute atomic E-state index is 0.123. The maximum absolute atomic E-state index is 13.6. The normalized spacial score (nSPS) is 15.3. The summed E-state index contributed by atoms with van der Waals surface area (Å²) in [5.74, 6) is -0.366. The lowest BCUT2D eigenvalue weighted by atomic mass is 9.96. The van der Waals surface area contributed by atoms with E-state index in [1.807, 2.05) is 67.8 Å². The van der Waals surface area contributed by atoms with Crippen LogP contribution in [0.3, 0.4) is 0 Å². The van der Waals surface area contributed by atoms with Crippen molar-refractivity contribution in [3.05, 3.63) is 93.9 Å². The first-order chi connectivity index (χ1) is 20.8. The fourth-order valence-corrected chi connectivity index (χ4v) is 6.34. The second-order valence-corrected chi connectivity index (χ2v) is 12.8. The van der Waals surface area contributed by atoms with Gasteiger partial charge in [-0.2, -0.15) is 0 Å². The number of nitrogens with zero attached hydrogens (tertiary/aromatic N) is 2. The molecular formula is C35H46N4O3S. The number of urea groups is 1. The van der Waals surface area contributed by atoms with Gasteiger partial charge in [-0.3, -0.25) is 4.79 Å². The van der Waals surface area contributed by atoms with Crippen molar-refractivity contribution in [2.75, 3.05) is 7.05 Å². The van der Waals surface area contributed by atoms with Crippen LogP contribution in [0.1, 0.15) is 74.2 Å². The highest BCUT2D eigenvalue weighted by atomic mass is 32.1. The number of carbonyl (C=O) groups is 2. The summed E-state index contributed by atoms with van der Waals surface area (Å²) in [5, 5.41) is 20.1. The molecule has 0 radical (unpaired) electrons. The van der Waals surface area contributed by atoms with Crippen LogP contribution in [-0.4, -0.2) is 52.2 Å². The molecule has 2 aromatic carbocycles. The van der Waals surface area contributed by atoms with Crippen molar-refractivity contribution in [1.29, 1.82) is 0 Å². The van der Waals surface area contributed by atoms with Gasteiger partial charge in [-0.05, 0) is 74.0 Å². The average molecular weight is 603 g/mol. The molecule has 0 fully saturated rings. The zero-order valence-corrected chi connectivity index (χ0v) is 26.5. The number of allylic oxidation sites excluding steroid dienone is 2. The monoisotopic (exact) mass is 602 g/mol. The van der Waals surface area contributed by atoms with E-state index < -0.39 is 12.1 Å². The smallest absolute Gasteiger partial charge is 0.318 e. The van der Waals surface area contributed by atoms with Gasteiger partial charge in [0, 0.05) is 18.5 Å². The fourth-order valence-electron chi connectivity index (χ4n) is 5.46. The van der Waals surface area contributed by atoms with E-state index in [0.29, 0.717) is 25.8 Å². The topological polar surface area (TPSA) is 94.6 Å². The van der Waals surface area contributed by atoms with E-state index in [-0.39, 0.29) is 23.9 Å². The maximum atomic E-state index is 13.6. The average Bonchev–Trinajstić information content (AvgIpc) is 3.48. The fraction of sp³-hybridized carbons (Fsp3) is 0.457. The van der Waals surface area contributed by atoms with Gasteiger partial charge < -0.3 is 20.6 Å². The Balaban J connectivity index is 1.36. The standard InChI is InChI=1S/C35H46N4O3S/c1-25(2)32(38-35(42)39(3)23-30-24-43-34(37-30)28-17-11-6-12-18-28)33(41)36-29(21-27-15-9-5-10-16-27)22-31(40)20-19-26-13-7-4-8-14-26/h4-5,7-10,13-17,24-25,29,31-32,40H,6,11-12,18-23H2,1-3H3,(H,36,41)(H,38,42)/t29-,31-,32-/m0/s1. The van der Waals surface area contributed by atoms with Crippen molar-refractivity contribution < 1.29 is 14.7 Å². The Morgan fingerprint density at radius 1 is 1.00 bits per heavy atom. The van der Waals surface area contributed by atoms with Gasteiger partial charge in [-0.1, -0.05) is 80.6 Å². The number of aliphatic hydroxyl groups excluding tert-OH is 1. The second-order valence-electron chi connectivity index (χ2n) is 12.0. The zero-order chi connectivity index (χ0) is 30.6. The van der Waals surface area contributed by atoms with Gasteiger partial charge in [0.1, 0.15) is 11.0 Å². The molecule has 0 unspecified atom stereocenters. The Labute approximate surface area is 260 Å². The van der Waals surface area contributed by atoms with Crippen LogP contribution in [0.15, 0.2) is 72.1 Å². The Bertz CT molecular complexity index is 1330. The molecule has 0 saturated heterocycles. The first kappa shape index (κ1) is 32.4. The van der Waals surface area contributed by atoms with Crippen LogP contribution in [0.2, 0.25) is 0 Å². The molecule has 0 bridgehead atoms. The number of thiazole rings is 1. The summed E-state index contributed by atoms with van der Waals surface area (Å²) in [6, 6.07) is 18.8. The van der Waals surface area contributed by atoms with E-state index in [4.69, 9.17) is 4.98 Å². The van der Waals surface area contributed by atoms with Gasteiger partial charge in [0.05, 0.1) is 18.3 Å². The van der Waals surface area contributed by atoms with Crippen LogP contribution in [-0.2, 0) is 24.2 Å². The van der Waals surface area contributed by atoms with Gasteiger partial charge in [0.15, 0.2) is 0 Å². The van der Waals surface area contributed by atoms with Gasteiger partial charge in [0.2, 0.25) is 5.91 Å². The number of aliphatic hydroxyl groups is 1. The molecule has 3 atom stereocenters. The molecule has 3 amide bonds. The highest BCUT2D eigenvalue weighted by molar-refractivity contribution is 7.10. The van der Waals surface area contributed by atoms with Crippen molar-refractivity contribution in [2.45, 2.75) is 89.9 Å². The molecule has 3 aromatic rings. The summed E-state index contributed by atoms with van der Waals surface area (Å²) in [6.45, 7) is 4.22. The summed E-state index contributed by atoms with van der Waals surface area (Å²) < 4.78 is 0. The van der Waals surface area contributed by atoms with Gasteiger partial charge in [-0.15, -0.1) is 11.3 Å². The Kier molecular flexibility index (Phi) is 12.4. The highest BCUT2D eigenvalue weighted by Gasteiger charge is 2.28. The maximum Gasteiger partial charge on any atom is 0.318 e. The predicted octanol–water partition coefficient (Wildman–Crippen LogP) is 6.38. The third-order valence-corrected chi connectivity index (χ3v) is 8.90. The van der Waals surface area contributed by atoms with Crippen LogP contribution < -0.4 is 10.6 Å². The molecule has 7 nitrogen and oxygen atoms in total. The second kappa shape index (κ2) is 16.4. The number of nitrogens with one attached hydrogen (secondary N) is 2. The van der Waals surface area contributed by atoms with Crippen LogP contribution in [0, 0.1) is 5.92 Å². The minimum Gasteiger partial charge on any atom is -0.393 e. The molecule has 1 aliphatic rings. The molecule has 3 N–H and O–H groups in total. The lowest BCUT2D eigenvalue weighted by molar-refractivity contribution is -0.124. The summed E-state index contributed by atoms with van der Waals surface area (Å²) in [5.41, 5.74) is 4.42. The largest absolute Gasteiger partial charge is 0.393 e. The van der Waals surface area contributed by atoms with E-state index in [1.165, 1.54) is 24.0 Å². The SMILES string of the molecule is CC(C)[C@H](NC(=O)N(C)Cc1csc(C2=CCCCC2)n1)C(=O)N[C@@H](Cc1ccccc1)C[C@@H](O)CCc1ccccc1. The third kappa shape index (κ3) is 10.3. The lowest BCUT2D eigenvalue weighted by Gasteiger charge is -2.28. The minimum atomic E-state index is -0.715. The number of hydrogen-bond acceptors (Lipinski definition) is 5. The molecule has 0 aliphatic heterocycles. The highest BCUT2D eigenvalue weighted by Crippen LogP contribution is 2.29. The van der Waals surface area contributed by atoms with E-state index in [1.54, 1.807) is 23.3 Å². The molecule has 1 aliphatic carbocycles. The van der Waals surface area contributed by atoms with Crippen LogP contribution in [0.4, 0.5) is 4.79 Å². The van der Waals surface area contributed by atoms with Crippen LogP contribution in [0.5, 0.6) is 0 Å². The van der Waals surface area contributed by atoms with E-state index in [0.717, 1.165) is 35.5 Å². The number of aryl methyl sites for hydroxylation is 1. The molecule has 1 heterocycles. The van der Waals surface area contributed by atoms with E-state index >= 15 is 0 Å². The van der Waals surface area contributed by atoms with Gasteiger partial charge >= 0.3 is 6.03 Å². The number of benzene rings is 2. The number of hydrogen-bond donors (Lipinski definition) is 3. The van der Waals surface area contributed by atoms with Crippen molar-refractivity contribution in [3.63, 3.8) is 0 Å². The van der Waals surface area contributed by atoms with Crippen molar-refractivity contribution >= 4 is 28.8 Å². The summed E-state index contributed by atoms with van der Waals surface area (Å²) >= 11 is 1.63. The molecule has 43 heavy (non-hydrogen) atoms. The Hall–Kier alpha value is -3.49. The molecular weight excluding hydrogens is 556 g/mol. The number of amides is 3. The number of carbonyl (C=O) groups excluding carboxylic acids is 2. The first-order valence-electron chi connectivity index (χ1n) is 15.5. The van der Waals surface area contributed by atoms with Crippen LogP contribution >= 0.6 is 11.3 Å². The van der Waals surface area contributed by atoms with E-state index in [2.05, 4.69) is 28.8 Å². The molecule has 1 aromatic heterocycles. The van der Waals surface area contributed by atoms with E-state index in [9.17, 15) is 14.7 Å². The molecule has 0 saturated carbocycles. The third-order valence-electron chi connectivity index (χ3n) is 7.93. The van der Waals surface area contributed by atoms with Crippen molar-refractivity contribution in [3.8, 4) is 0 Å². The number of rotatable bonds is 14. The number of aromatic nitrogens is 1. The summed E-state index contributed by atoms with van der Waals surface area (Å²) in [6.07, 6.45) is 8.69. The summed E-state index contributed by atoms with van der Waals surface area (Å²) in [7, 11) is 1.73. The molecule has 0 spiro atoms.